The Labute approximate surface area is 239 Å². The van der Waals surface area contributed by atoms with E-state index in [0.717, 1.165) is 10.5 Å². The van der Waals surface area contributed by atoms with E-state index < -0.39 is 39.3 Å². The van der Waals surface area contributed by atoms with Gasteiger partial charge in [-0.2, -0.15) is 0 Å². The molecule has 10 heteroatoms. The Balaban J connectivity index is 1.69. The van der Waals surface area contributed by atoms with E-state index in [9.17, 15) is 18.3 Å². The third-order valence-electron chi connectivity index (χ3n) is 6.98. The first-order valence-electron chi connectivity index (χ1n) is 13.4. The average Bonchev–Trinajstić information content (AvgIpc) is 3.02. The van der Waals surface area contributed by atoms with Crippen LogP contribution in [-0.2, 0) is 21.2 Å². The highest BCUT2D eigenvalue weighted by atomic mass is 32.2. The number of anilines is 2. The first kappa shape index (κ1) is 28.5. The van der Waals surface area contributed by atoms with Crippen molar-refractivity contribution in [2.45, 2.75) is 52.9 Å². The van der Waals surface area contributed by atoms with E-state index >= 15 is 4.39 Å². The van der Waals surface area contributed by atoms with Crippen molar-refractivity contribution in [2.75, 3.05) is 16.0 Å². The van der Waals surface area contributed by atoms with Gasteiger partial charge < -0.3 is 19.9 Å². The number of carbonyl (C=O) groups excluding carboxylic acids is 1. The molecule has 1 atom stereocenters. The van der Waals surface area contributed by atoms with Gasteiger partial charge in [0.05, 0.1) is 22.4 Å². The maximum absolute atomic E-state index is 16.1. The zero-order valence-electron chi connectivity index (χ0n) is 23.3. The first-order valence-corrected chi connectivity index (χ1v) is 15.0. The number of nitrogens with one attached hydrogen (secondary N) is 1. The number of amides is 1. The lowest BCUT2D eigenvalue weighted by molar-refractivity contribution is 0.121. The second-order valence-electron chi connectivity index (χ2n) is 11.4. The average molecular weight is 581 g/mol. The Hall–Kier alpha value is -4.05. The van der Waals surface area contributed by atoms with Gasteiger partial charge in [-0.3, -0.25) is 4.90 Å². The minimum absolute atomic E-state index is 0.0495. The van der Waals surface area contributed by atoms with Gasteiger partial charge in [0, 0.05) is 17.3 Å². The largest absolute Gasteiger partial charge is 0.506 e. The summed E-state index contributed by atoms with van der Waals surface area (Å²) in [4.78, 5) is 14.7. The smallest absolute Gasteiger partial charge is 0.415 e. The number of aromatic hydroxyl groups is 1. The van der Waals surface area contributed by atoms with Crippen molar-refractivity contribution in [2.24, 2.45) is 5.41 Å². The topological polar surface area (TPSA) is 105 Å². The fraction of sp³-hybridized carbons (Fsp3) is 0.323. The third-order valence-corrected chi connectivity index (χ3v) is 9.28. The quantitative estimate of drug-likeness (QED) is 0.324. The van der Waals surface area contributed by atoms with Gasteiger partial charge in [0.2, 0.25) is 0 Å². The number of ether oxygens (including phenoxy) is 2. The number of phenols is 1. The summed E-state index contributed by atoms with van der Waals surface area (Å²) in [6, 6.07) is 16.7. The van der Waals surface area contributed by atoms with Crippen molar-refractivity contribution in [3.8, 4) is 11.5 Å². The summed E-state index contributed by atoms with van der Waals surface area (Å²) in [7, 11) is -4.02. The minimum atomic E-state index is -4.02. The maximum atomic E-state index is 16.1. The van der Waals surface area contributed by atoms with Crippen LogP contribution >= 0.6 is 0 Å². The molecule has 8 nitrogen and oxygen atoms in total. The highest BCUT2D eigenvalue weighted by Gasteiger charge is 2.48. The van der Waals surface area contributed by atoms with E-state index in [1.165, 1.54) is 24.3 Å². The van der Waals surface area contributed by atoms with E-state index in [0.29, 0.717) is 6.42 Å². The van der Waals surface area contributed by atoms with Gasteiger partial charge in [-0.25, -0.2) is 17.6 Å². The van der Waals surface area contributed by atoms with Gasteiger partial charge in [-0.15, -0.1) is 0 Å². The van der Waals surface area contributed by atoms with Gasteiger partial charge >= 0.3 is 6.09 Å². The van der Waals surface area contributed by atoms with Crippen molar-refractivity contribution < 1.29 is 32.2 Å². The summed E-state index contributed by atoms with van der Waals surface area (Å²) in [6.45, 7) is 7.19. The molecule has 216 valence electrons. The first-order chi connectivity index (χ1) is 19.4. The molecular weight excluding hydrogens is 547 g/mol. The molecule has 2 heterocycles. The van der Waals surface area contributed by atoms with Crippen LogP contribution in [0.25, 0.3) is 0 Å². The molecule has 2 N–H and O–H groups in total. The lowest BCUT2D eigenvalue weighted by Gasteiger charge is -2.37. The van der Waals surface area contributed by atoms with Crippen LogP contribution in [0, 0.1) is 11.2 Å². The lowest BCUT2D eigenvalue weighted by atomic mass is 9.88. The molecule has 2 aliphatic heterocycles. The summed E-state index contributed by atoms with van der Waals surface area (Å²) < 4.78 is 55.3. The van der Waals surface area contributed by atoms with Crippen LogP contribution in [-0.4, -0.2) is 31.5 Å². The van der Waals surface area contributed by atoms with Crippen molar-refractivity contribution in [1.29, 1.82) is 0 Å². The van der Waals surface area contributed by atoms with Crippen molar-refractivity contribution in [3.05, 3.63) is 94.3 Å². The summed E-state index contributed by atoms with van der Waals surface area (Å²) in [5, 5.41) is 13.9. The molecule has 1 amide bonds. The van der Waals surface area contributed by atoms with Crippen molar-refractivity contribution >= 4 is 27.3 Å². The van der Waals surface area contributed by atoms with E-state index in [2.05, 4.69) is 5.32 Å². The number of para-hydroxylation sites is 1. The normalized spacial score (nSPS) is 19.1. The molecule has 41 heavy (non-hydrogen) atoms. The molecule has 0 aliphatic carbocycles. The number of hydrogen-bond acceptors (Lipinski definition) is 7. The molecule has 0 fully saturated rings. The molecule has 0 aromatic heterocycles. The standard InChI is InChI=1S/C31H33FN2O6S/c1-19(2)40-30(36)34-25-11-8-12-26(35)27(25)33-24-16-31(3,4)18-41(37,38)29(24)28(34)22-14-13-21(15-23(22)32)39-17-20-9-6-5-7-10-20/h5-15,19,28,33,35H,16-18H2,1-4H3. The van der Waals surface area contributed by atoms with Gasteiger partial charge in [0.1, 0.15) is 35.7 Å². The molecular formula is C31H33FN2O6S. The summed E-state index contributed by atoms with van der Waals surface area (Å²) in [5.74, 6) is -0.897. The fourth-order valence-corrected chi connectivity index (χ4v) is 7.76. The molecule has 3 aromatic rings. The molecule has 0 saturated heterocycles. The number of benzene rings is 3. The molecule has 0 saturated carbocycles. The highest BCUT2D eigenvalue weighted by Crippen LogP contribution is 2.51. The van der Waals surface area contributed by atoms with E-state index in [1.807, 2.05) is 44.2 Å². The zero-order chi connectivity index (χ0) is 29.5. The van der Waals surface area contributed by atoms with E-state index in [4.69, 9.17) is 9.47 Å². The van der Waals surface area contributed by atoms with Gasteiger partial charge in [-0.05, 0) is 55.5 Å². The Morgan fingerprint density at radius 2 is 1.85 bits per heavy atom. The van der Waals surface area contributed by atoms with E-state index in [-0.39, 0.29) is 51.4 Å². The summed E-state index contributed by atoms with van der Waals surface area (Å²) >= 11 is 0. The molecule has 0 spiro atoms. The Kier molecular flexibility index (Phi) is 7.46. The predicted molar refractivity (Wildman–Crippen MR) is 155 cm³/mol. The summed E-state index contributed by atoms with van der Waals surface area (Å²) in [5.41, 5.74) is 0.785. The molecule has 3 aromatic carbocycles. The second kappa shape index (κ2) is 10.7. The molecule has 2 aliphatic rings. The maximum Gasteiger partial charge on any atom is 0.415 e. The van der Waals surface area contributed by atoms with Crippen LogP contribution in [0.4, 0.5) is 20.6 Å². The SMILES string of the molecule is CC(C)OC(=O)N1c2cccc(O)c2NC2=C(C1c1ccc(OCc3ccccc3)cc1F)S(=O)(=O)CC(C)(C)C2. The molecule has 1 unspecified atom stereocenters. The zero-order valence-corrected chi connectivity index (χ0v) is 24.2. The van der Waals surface area contributed by atoms with Gasteiger partial charge in [0.25, 0.3) is 0 Å². The van der Waals surface area contributed by atoms with Crippen LogP contribution < -0.4 is 15.0 Å². The Morgan fingerprint density at radius 1 is 1.12 bits per heavy atom. The van der Waals surface area contributed by atoms with Crippen LogP contribution in [0.5, 0.6) is 11.5 Å². The highest BCUT2D eigenvalue weighted by molar-refractivity contribution is 7.95. The molecule has 0 bridgehead atoms. The number of hydrogen-bond donors (Lipinski definition) is 2. The van der Waals surface area contributed by atoms with Crippen LogP contribution in [0.1, 0.15) is 51.3 Å². The fourth-order valence-electron chi connectivity index (χ4n) is 5.40. The number of nitrogens with zero attached hydrogens (tertiary/aromatic N) is 1. The Morgan fingerprint density at radius 3 is 2.54 bits per heavy atom. The molecule has 5 rings (SSSR count). The van der Waals surface area contributed by atoms with Gasteiger partial charge in [-0.1, -0.05) is 50.2 Å². The molecule has 0 radical (unpaired) electrons. The number of phenolic OH excluding ortho intramolecular Hbond substituents is 1. The number of allylic oxidation sites excluding steroid dienone is 1. The number of sulfone groups is 1. The van der Waals surface area contributed by atoms with Crippen molar-refractivity contribution in [1.82, 2.24) is 0 Å². The lowest BCUT2D eigenvalue weighted by Crippen LogP contribution is -2.42. The van der Waals surface area contributed by atoms with Gasteiger partial charge in [0.15, 0.2) is 9.84 Å². The number of halogens is 1. The Bertz CT molecular complexity index is 1620. The monoisotopic (exact) mass is 580 g/mol. The van der Waals surface area contributed by atoms with Crippen molar-refractivity contribution in [3.63, 3.8) is 0 Å². The van der Waals surface area contributed by atoms with E-state index in [1.54, 1.807) is 26.0 Å². The third kappa shape index (κ3) is 5.74. The second-order valence-corrected chi connectivity index (χ2v) is 13.4. The number of carbonyl (C=O) groups is 1. The number of rotatable bonds is 5. The minimum Gasteiger partial charge on any atom is -0.506 e. The predicted octanol–water partition coefficient (Wildman–Crippen LogP) is 6.68. The van der Waals surface area contributed by atoms with Crippen LogP contribution in [0.15, 0.2) is 77.3 Å². The van der Waals surface area contributed by atoms with Crippen LogP contribution in [0.3, 0.4) is 0 Å². The van der Waals surface area contributed by atoms with Crippen LogP contribution in [0.2, 0.25) is 0 Å². The summed E-state index contributed by atoms with van der Waals surface area (Å²) in [6.07, 6.45) is -1.14. The number of fused-ring (bicyclic) bond motifs is 1.